The topological polar surface area (TPSA) is 42.4 Å². The standard InChI is InChI=1S/C13H19NO2/c1-10(2)12(7-15)13(8-16-9-13)11-4-3-5-14-6-11/h3-6,10,12,15H,7-9H2,1-2H3. The Balaban J connectivity index is 2.32. The Labute approximate surface area is 96.5 Å². The average Bonchev–Trinajstić information content (AvgIpc) is 2.23. The van der Waals surface area contributed by atoms with Crippen molar-refractivity contribution in [1.82, 2.24) is 4.98 Å². The lowest BCUT2D eigenvalue weighted by atomic mass is 9.65. The molecule has 1 aromatic heterocycles. The van der Waals surface area contributed by atoms with Crippen LogP contribution in [0, 0.1) is 11.8 Å². The van der Waals surface area contributed by atoms with E-state index < -0.39 is 0 Å². The number of ether oxygens (including phenoxy) is 1. The van der Waals surface area contributed by atoms with Gasteiger partial charge in [0, 0.05) is 24.4 Å². The Morgan fingerprint density at radius 2 is 2.25 bits per heavy atom. The number of hydrogen-bond acceptors (Lipinski definition) is 3. The van der Waals surface area contributed by atoms with Gasteiger partial charge >= 0.3 is 0 Å². The molecule has 0 aliphatic carbocycles. The fraction of sp³-hybridized carbons (Fsp3) is 0.615. The molecule has 1 N–H and O–H groups in total. The molecule has 3 heteroatoms. The van der Waals surface area contributed by atoms with Gasteiger partial charge in [-0.2, -0.15) is 0 Å². The van der Waals surface area contributed by atoms with Crippen LogP contribution in [0.15, 0.2) is 24.5 Å². The van der Waals surface area contributed by atoms with Gasteiger partial charge < -0.3 is 9.84 Å². The molecule has 0 spiro atoms. The summed E-state index contributed by atoms with van der Waals surface area (Å²) in [6.45, 7) is 5.90. The molecule has 1 unspecified atom stereocenters. The van der Waals surface area contributed by atoms with Gasteiger partial charge in [0.2, 0.25) is 0 Å². The molecular weight excluding hydrogens is 202 g/mol. The van der Waals surface area contributed by atoms with Gasteiger partial charge in [0.15, 0.2) is 0 Å². The van der Waals surface area contributed by atoms with E-state index in [0.717, 1.165) is 0 Å². The second kappa shape index (κ2) is 4.52. The minimum Gasteiger partial charge on any atom is -0.396 e. The van der Waals surface area contributed by atoms with Gasteiger partial charge in [0.1, 0.15) is 0 Å². The highest BCUT2D eigenvalue weighted by atomic mass is 16.5. The third-order valence-electron chi connectivity index (χ3n) is 3.67. The number of hydrogen-bond donors (Lipinski definition) is 1. The van der Waals surface area contributed by atoms with E-state index in [1.165, 1.54) is 5.56 Å². The van der Waals surface area contributed by atoms with Crippen molar-refractivity contribution in [2.24, 2.45) is 11.8 Å². The summed E-state index contributed by atoms with van der Waals surface area (Å²) in [6, 6.07) is 4.03. The predicted molar refractivity (Wildman–Crippen MR) is 62.1 cm³/mol. The SMILES string of the molecule is CC(C)C(CO)C1(c2cccnc2)COC1. The van der Waals surface area contributed by atoms with E-state index in [1.54, 1.807) is 6.20 Å². The molecule has 0 radical (unpaired) electrons. The van der Waals surface area contributed by atoms with Crippen LogP contribution in [0.25, 0.3) is 0 Å². The Hall–Kier alpha value is -0.930. The fourth-order valence-corrected chi connectivity index (χ4v) is 2.60. The average molecular weight is 221 g/mol. The molecule has 0 amide bonds. The van der Waals surface area contributed by atoms with E-state index >= 15 is 0 Å². The van der Waals surface area contributed by atoms with E-state index in [0.29, 0.717) is 19.1 Å². The van der Waals surface area contributed by atoms with E-state index in [1.807, 2.05) is 12.3 Å². The van der Waals surface area contributed by atoms with E-state index in [9.17, 15) is 5.11 Å². The lowest BCUT2D eigenvalue weighted by Gasteiger charge is -2.48. The highest BCUT2D eigenvalue weighted by Crippen LogP contribution is 2.42. The first-order valence-electron chi connectivity index (χ1n) is 5.80. The van der Waals surface area contributed by atoms with Crippen LogP contribution in [-0.4, -0.2) is 29.9 Å². The molecule has 88 valence electrons. The van der Waals surface area contributed by atoms with Gasteiger partial charge in [-0.15, -0.1) is 0 Å². The molecule has 2 rings (SSSR count). The summed E-state index contributed by atoms with van der Waals surface area (Å²) in [4.78, 5) is 4.17. The number of rotatable bonds is 4. The third kappa shape index (κ3) is 1.74. The number of pyridine rings is 1. The molecule has 0 aromatic carbocycles. The highest BCUT2D eigenvalue weighted by molar-refractivity contribution is 5.26. The Morgan fingerprint density at radius 1 is 1.50 bits per heavy atom. The first-order chi connectivity index (χ1) is 7.70. The van der Waals surface area contributed by atoms with Crippen molar-refractivity contribution in [3.63, 3.8) is 0 Å². The zero-order chi connectivity index (χ0) is 11.6. The van der Waals surface area contributed by atoms with Crippen LogP contribution < -0.4 is 0 Å². The van der Waals surface area contributed by atoms with Gasteiger partial charge in [0.25, 0.3) is 0 Å². The van der Waals surface area contributed by atoms with Crippen molar-refractivity contribution in [2.75, 3.05) is 19.8 Å². The second-order valence-corrected chi connectivity index (χ2v) is 4.92. The Morgan fingerprint density at radius 3 is 2.62 bits per heavy atom. The minimum absolute atomic E-state index is 0.0306. The molecule has 1 aromatic rings. The van der Waals surface area contributed by atoms with Crippen molar-refractivity contribution in [2.45, 2.75) is 19.3 Å². The maximum Gasteiger partial charge on any atom is 0.0589 e. The van der Waals surface area contributed by atoms with Gasteiger partial charge in [-0.3, -0.25) is 4.98 Å². The van der Waals surface area contributed by atoms with Gasteiger partial charge in [-0.05, 0) is 23.5 Å². The smallest absolute Gasteiger partial charge is 0.0589 e. The zero-order valence-electron chi connectivity index (χ0n) is 9.89. The van der Waals surface area contributed by atoms with E-state index in [4.69, 9.17) is 4.74 Å². The van der Waals surface area contributed by atoms with Gasteiger partial charge in [-0.25, -0.2) is 0 Å². The normalized spacial score (nSPS) is 20.5. The van der Waals surface area contributed by atoms with Crippen molar-refractivity contribution >= 4 is 0 Å². The molecular formula is C13H19NO2. The van der Waals surface area contributed by atoms with Crippen LogP contribution in [0.4, 0.5) is 0 Å². The van der Waals surface area contributed by atoms with E-state index in [2.05, 4.69) is 24.9 Å². The molecule has 16 heavy (non-hydrogen) atoms. The van der Waals surface area contributed by atoms with Crippen molar-refractivity contribution in [1.29, 1.82) is 0 Å². The van der Waals surface area contributed by atoms with Crippen molar-refractivity contribution < 1.29 is 9.84 Å². The lowest BCUT2D eigenvalue weighted by molar-refractivity contribution is -0.111. The molecule has 2 heterocycles. The monoisotopic (exact) mass is 221 g/mol. The molecule has 1 aliphatic rings. The number of nitrogens with zero attached hydrogens (tertiary/aromatic N) is 1. The van der Waals surface area contributed by atoms with Gasteiger partial charge in [-0.1, -0.05) is 19.9 Å². The van der Waals surface area contributed by atoms with Crippen molar-refractivity contribution in [3.05, 3.63) is 30.1 Å². The van der Waals surface area contributed by atoms with Gasteiger partial charge in [0.05, 0.1) is 13.2 Å². The van der Waals surface area contributed by atoms with Crippen molar-refractivity contribution in [3.8, 4) is 0 Å². The summed E-state index contributed by atoms with van der Waals surface area (Å²) >= 11 is 0. The third-order valence-corrected chi connectivity index (χ3v) is 3.67. The largest absolute Gasteiger partial charge is 0.396 e. The summed E-state index contributed by atoms with van der Waals surface area (Å²) in [5, 5.41) is 9.58. The molecule has 0 bridgehead atoms. The van der Waals surface area contributed by atoms with Crippen LogP contribution in [0.2, 0.25) is 0 Å². The summed E-state index contributed by atoms with van der Waals surface area (Å²) in [7, 11) is 0. The molecule has 1 aliphatic heterocycles. The summed E-state index contributed by atoms with van der Waals surface area (Å²) in [6.07, 6.45) is 3.67. The van der Waals surface area contributed by atoms with Crippen LogP contribution in [0.3, 0.4) is 0 Å². The van der Waals surface area contributed by atoms with E-state index in [-0.39, 0.29) is 17.9 Å². The Kier molecular flexibility index (Phi) is 3.26. The molecule has 1 fully saturated rings. The second-order valence-electron chi connectivity index (χ2n) is 4.92. The zero-order valence-corrected chi connectivity index (χ0v) is 9.89. The maximum atomic E-state index is 9.58. The summed E-state index contributed by atoms with van der Waals surface area (Å²) in [5.41, 5.74) is 1.16. The van der Waals surface area contributed by atoms with Crippen LogP contribution in [0.5, 0.6) is 0 Å². The number of aliphatic hydroxyl groups excluding tert-OH is 1. The first-order valence-corrected chi connectivity index (χ1v) is 5.80. The van der Waals surface area contributed by atoms with Crippen LogP contribution in [-0.2, 0) is 10.2 Å². The summed E-state index contributed by atoms with van der Waals surface area (Å²) in [5.74, 6) is 0.680. The first kappa shape index (κ1) is 11.6. The van der Waals surface area contributed by atoms with Crippen LogP contribution >= 0.6 is 0 Å². The molecule has 0 saturated carbocycles. The molecule has 1 saturated heterocycles. The maximum absolute atomic E-state index is 9.58. The summed E-state index contributed by atoms with van der Waals surface area (Å²) < 4.78 is 5.39. The predicted octanol–water partition coefficient (Wildman–Crippen LogP) is 1.61. The lowest BCUT2D eigenvalue weighted by Crippen LogP contribution is -2.55. The van der Waals surface area contributed by atoms with Crippen LogP contribution in [0.1, 0.15) is 19.4 Å². The quantitative estimate of drug-likeness (QED) is 0.840. The minimum atomic E-state index is -0.0306. The Bertz CT molecular complexity index is 333. The molecule has 3 nitrogen and oxygen atoms in total. The number of aliphatic hydroxyl groups is 1. The number of aromatic nitrogens is 1. The highest BCUT2D eigenvalue weighted by Gasteiger charge is 2.47. The molecule has 1 atom stereocenters. The fourth-order valence-electron chi connectivity index (χ4n) is 2.60.